The van der Waals surface area contributed by atoms with Crippen molar-refractivity contribution >= 4 is 35.2 Å². The molecule has 1 amide bonds. The molecule has 0 spiro atoms. The molecular formula is C18H20Cl2N4O. The molecular weight excluding hydrogens is 359 g/mol. The van der Waals surface area contributed by atoms with Gasteiger partial charge in [0.1, 0.15) is 0 Å². The van der Waals surface area contributed by atoms with Crippen LogP contribution in [-0.2, 0) is 18.4 Å². The Morgan fingerprint density at radius 3 is 2.48 bits per heavy atom. The summed E-state index contributed by atoms with van der Waals surface area (Å²) in [6.45, 7) is 3.69. The molecule has 2 heterocycles. The Hall–Kier alpha value is -1.82. The van der Waals surface area contributed by atoms with Crippen molar-refractivity contribution < 1.29 is 4.79 Å². The van der Waals surface area contributed by atoms with E-state index in [1.54, 1.807) is 23.0 Å². The number of hydrogen-bond donors (Lipinski definition) is 0. The first kappa shape index (κ1) is 18.0. The Morgan fingerprint density at radius 2 is 1.88 bits per heavy atom. The van der Waals surface area contributed by atoms with E-state index in [0.29, 0.717) is 29.7 Å². The van der Waals surface area contributed by atoms with Gasteiger partial charge in [-0.05, 0) is 18.2 Å². The summed E-state index contributed by atoms with van der Waals surface area (Å²) in [5.41, 5.74) is 1.87. The summed E-state index contributed by atoms with van der Waals surface area (Å²) in [6.07, 6.45) is 7.01. The monoisotopic (exact) mass is 378 g/mol. The molecule has 0 N–H and O–H groups in total. The van der Waals surface area contributed by atoms with Gasteiger partial charge in [0.2, 0.25) is 5.91 Å². The first-order chi connectivity index (χ1) is 12.0. The van der Waals surface area contributed by atoms with E-state index in [0.717, 1.165) is 24.2 Å². The molecule has 25 heavy (non-hydrogen) atoms. The van der Waals surface area contributed by atoms with Gasteiger partial charge in [0.05, 0.1) is 6.20 Å². The number of nitrogens with zero attached hydrogens (tertiary/aromatic N) is 4. The zero-order valence-corrected chi connectivity index (χ0v) is 15.5. The van der Waals surface area contributed by atoms with Crippen molar-refractivity contribution in [3.8, 4) is 0 Å². The summed E-state index contributed by atoms with van der Waals surface area (Å²) in [4.78, 5) is 16.4. The lowest BCUT2D eigenvalue weighted by Gasteiger charge is -2.34. The van der Waals surface area contributed by atoms with Crippen LogP contribution in [0, 0.1) is 0 Å². The molecule has 1 fully saturated rings. The van der Waals surface area contributed by atoms with Crippen LogP contribution < -0.4 is 0 Å². The van der Waals surface area contributed by atoms with Crippen LogP contribution in [0.1, 0.15) is 11.1 Å². The standard InChI is InChI=1S/C18H20Cl2N4O/c1-22-12-14(11-21-22)5-6-18(25)24-9-7-23(8-10-24)13-15-16(19)3-2-4-17(15)20/h2-6,11-12H,7-10,13H2,1H3/b6-5+. The predicted octanol–water partition coefficient (Wildman–Crippen LogP) is 3.08. The Morgan fingerprint density at radius 1 is 1.20 bits per heavy atom. The Labute approximate surface area is 157 Å². The number of rotatable bonds is 4. The average molecular weight is 379 g/mol. The minimum absolute atomic E-state index is 0.0271. The second-order valence-corrected chi connectivity index (χ2v) is 6.90. The molecule has 0 bridgehead atoms. The number of aryl methyl sites for hydroxylation is 1. The zero-order valence-electron chi connectivity index (χ0n) is 14.0. The van der Waals surface area contributed by atoms with E-state index in [1.807, 2.05) is 36.3 Å². The van der Waals surface area contributed by atoms with Gasteiger partial charge in [0, 0.05) is 73.2 Å². The summed E-state index contributed by atoms with van der Waals surface area (Å²) >= 11 is 12.5. The van der Waals surface area contributed by atoms with Crippen LogP contribution in [0.15, 0.2) is 36.7 Å². The van der Waals surface area contributed by atoms with Crippen molar-refractivity contribution in [2.45, 2.75) is 6.54 Å². The number of amides is 1. The topological polar surface area (TPSA) is 41.4 Å². The van der Waals surface area contributed by atoms with Gasteiger partial charge in [0.25, 0.3) is 0 Å². The maximum Gasteiger partial charge on any atom is 0.246 e. The van der Waals surface area contributed by atoms with Gasteiger partial charge in [-0.3, -0.25) is 14.4 Å². The summed E-state index contributed by atoms with van der Waals surface area (Å²) in [6, 6.07) is 5.55. The smallest absolute Gasteiger partial charge is 0.246 e. The van der Waals surface area contributed by atoms with Crippen molar-refractivity contribution in [2.75, 3.05) is 26.2 Å². The lowest BCUT2D eigenvalue weighted by Crippen LogP contribution is -2.47. The Bertz CT molecular complexity index is 759. The Balaban J connectivity index is 1.53. The molecule has 1 aliphatic rings. The van der Waals surface area contributed by atoms with Gasteiger partial charge >= 0.3 is 0 Å². The highest BCUT2D eigenvalue weighted by Crippen LogP contribution is 2.26. The summed E-state index contributed by atoms with van der Waals surface area (Å²) < 4.78 is 1.71. The van der Waals surface area contributed by atoms with E-state index in [1.165, 1.54) is 0 Å². The zero-order chi connectivity index (χ0) is 17.8. The molecule has 0 atom stereocenters. The third-order valence-electron chi connectivity index (χ3n) is 4.27. The van der Waals surface area contributed by atoms with Gasteiger partial charge in [-0.25, -0.2) is 0 Å². The lowest BCUT2D eigenvalue weighted by molar-refractivity contribution is -0.127. The van der Waals surface area contributed by atoms with E-state index in [2.05, 4.69) is 10.00 Å². The Kier molecular flexibility index (Phi) is 5.78. The van der Waals surface area contributed by atoms with Gasteiger partial charge < -0.3 is 4.90 Å². The highest BCUT2D eigenvalue weighted by atomic mass is 35.5. The van der Waals surface area contributed by atoms with E-state index < -0.39 is 0 Å². The average Bonchev–Trinajstić information content (AvgIpc) is 3.02. The molecule has 1 saturated heterocycles. The molecule has 0 aliphatic carbocycles. The maximum absolute atomic E-state index is 12.3. The van der Waals surface area contributed by atoms with E-state index in [4.69, 9.17) is 23.2 Å². The normalized spacial score (nSPS) is 15.9. The number of carbonyl (C=O) groups is 1. The van der Waals surface area contributed by atoms with Crippen molar-refractivity contribution in [1.82, 2.24) is 19.6 Å². The van der Waals surface area contributed by atoms with Crippen molar-refractivity contribution in [2.24, 2.45) is 7.05 Å². The molecule has 0 unspecified atom stereocenters. The van der Waals surface area contributed by atoms with Crippen LogP contribution in [0.2, 0.25) is 10.0 Å². The van der Waals surface area contributed by atoms with Crippen molar-refractivity contribution in [1.29, 1.82) is 0 Å². The van der Waals surface area contributed by atoms with E-state index in [-0.39, 0.29) is 5.91 Å². The van der Waals surface area contributed by atoms with Gasteiger partial charge in [-0.15, -0.1) is 0 Å². The van der Waals surface area contributed by atoms with E-state index >= 15 is 0 Å². The molecule has 1 aromatic carbocycles. The van der Waals surface area contributed by atoms with Crippen LogP contribution in [0.3, 0.4) is 0 Å². The van der Waals surface area contributed by atoms with E-state index in [9.17, 15) is 4.79 Å². The fourth-order valence-electron chi connectivity index (χ4n) is 2.83. The van der Waals surface area contributed by atoms with Crippen LogP contribution in [0.25, 0.3) is 6.08 Å². The fraction of sp³-hybridized carbons (Fsp3) is 0.333. The first-order valence-electron chi connectivity index (χ1n) is 8.14. The second kappa shape index (κ2) is 8.04. The highest BCUT2D eigenvalue weighted by Gasteiger charge is 2.21. The number of halogens is 2. The molecule has 0 radical (unpaired) electrons. The van der Waals surface area contributed by atoms with Crippen LogP contribution in [-0.4, -0.2) is 51.7 Å². The first-order valence-corrected chi connectivity index (χ1v) is 8.89. The minimum Gasteiger partial charge on any atom is -0.337 e. The lowest BCUT2D eigenvalue weighted by atomic mass is 10.2. The molecule has 1 aromatic heterocycles. The second-order valence-electron chi connectivity index (χ2n) is 6.08. The number of piperazine rings is 1. The number of hydrogen-bond acceptors (Lipinski definition) is 3. The third kappa shape index (κ3) is 4.63. The van der Waals surface area contributed by atoms with Gasteiger partial charge in [-0.1, -0.05) is 29.3 Å². The summed E-state index contributed by atoms with van der Waals surface area (Å²) in [5, 5.41) is 5.45. The molecule has 3 rings (SSSR count). The SMILES string of the molecule is Cn1cc(/C=C/C(=O)N2CCN(Cc3c(Cl)cccc3Cl)CC2)cn1. The minimum atomic E-state index is 0.0271. The number of aromatic nitrogens is 2. The van der Waals surface area contributed by atoms with Crippen LogP contribution in [0.5, 0.6) is 0 Å². The third-order valence-corrected chi connectivity index (χ3v) is 4.98. The predicted molar refractivity (Wildman–Crippen MR) is 101 cm³/mol. The largest absolute Gasteiger partial charge is 0.337 e. The van der Waals surface area contributed by atoms with Gasteiger partial charge in [-0.2, -0.15) is 5.10 Å². The quantitative estimate of drug-likeness (QED) is 0.767. The molecule has 7 heteroatoms. The van der Waals surface area contributed by atoms with Crippen molar-refractivity contribution in [3.05, 3.63) is 57.8 Å². The maximum atomic E-state index is 12.3. The number of benzene rings is 1. The van der Waals surface area contributed by atoms with Crippen LogP contribution in [0.4, 0.5) is 0 Å². The number of carbonyl (C=O) groups excluding carboxylic acids is 1. The molecule has 2 aromatic rings. The molecule has 1 aliphatic heterocycles. The highest BCUT2D eigenvalue weighted by molar-refractivity contribution is 6.35. The summed E-state index contributed by atoms with van der Waals surface area (Å²) in [7, 11) is 1.85. The molecule has 132 valence electrons. The van der Waals surface area contributed by atoms with Crippen molar-refractivity contribution in [3.63, 3.8) is 0 Å². The fourth-order valence-corrected chi connectivity index (χ4v) is 3.35. The summed E-state index contributed by atoms with van der Waals surface area (Å²) in [5.74, 6) is 0.0271. The van der Waals surface area contributed by atoms with Gasteiger partial charge in [0.15, 0.2) is 0 Å². The van der Waals surface area contributed by atoms with Crippen LogP contribution >= 0.6 is 23.2 Å². The molecule has 0 saturated carbocycles. The molecule has 5 nitrogen and oxygen atoms in total.